The molecule has 30 heavy (non-hydrogen) atoms. The number of carboxylic acid groups (broad SMARTS) is 2. The quantitative estimate of drug-likeness (QED) is 0.556. The van der Waals surface area contributed by atoms with Gasteiger partial charge in [0.2, 0.25) is 10.0 Å². The molecule has 2 N–H and O–H groups in total. The van der Waals surface area contributed by atoms with Gasteiger partial charge >= 0.3 is 11.9 Å². The maximum absolute atomic E-state index is 12.2. The fourth-order valence-corrected chi connectivity index (χ4v) is 4.00. The van der Waals surface area contributed by atoms with Gasteiger partial charge < -0.3 is 24.6 Å². The summed E-state index contributed by atoms with van der Waals surface area (Å²) in [6, 6.07) is 7.00. The smallest absolute Gasteiger partial charge is 0.414 e. The van der Waals surface area contributed by atoms with Crippen molar-refractivity contribution in [3.8, 4) is 11.5 Å². The molecular formula is C18H26N2O9S. The Morgan fingerprint density at radius 1 is 0.967 bits per heavy atom. The van der Waals surface area contributed by atoms with Gasteiger partial charge in [-0.1, -0.05) is 6.92 Å². The number of carboxylic acids is 2. The molecule has 1 fully saturated rings. The highest BCUT2D eigenvalue weighted by Crippen LogP contribution is 2.17. The van der Waals surface area contributed by atoms with Crippen molar-refractivity contribution in [1.29, 1.82) is 0 Å². The number of aliphatic carboxylic acids is 2. The minimum Gasteiger partial charge on any atom is -0.497 e. The molecule has 1 aromatic rings. The van der Waals surface area contributed by atoms with Crippen molar-refractivity contribution in [2.45, 2.75) is 13.3 Å². The molecule has 12 heteroatoms. The number of amides is 1. The Labute approximate surface area is 174 Å². The molecule has 11 nitrogen and oxygen atoms in total. The van der Waals surface area contributed by atoms with Crippen molar-refractivity contribution in [2.24, 2.45) is 0 Å². The minimum atomic E-state index is -3.19. The Bertz CT molecular complexity index is 805. The van der Waals surface area contributed by atoms with Crippen LogP contribution in [0.1, 0.15) is 13.3 Å². The molecule has 1 aliphatic heterocycles. The zero-order chi connectivity index (χ0) is 22.7. The number of piperazine rings is 1. The third-order valence-electron chi connectivity index (χ3n) is 4.05. The molecule has 0 radical (unpaired) electrons. The van der Waals surface area contributed by atoms with Crippen molar-refractivity contribution < 1.29 is 42.5 Å². The van der Waals surface area contributed by atoms with E-state index in [4.69, 9.17) is 29.3 Å². The topological polar surface area (TPSA) is 151 Å². The molecular weight excluding hydrogens is 420 g/mol. The van der Waals surface area contributed by atoms with Crippen LogP contribution in [0, 0.1) is 0 Å². The normalized spacial score (nSPS) is 14.3. The van der Waals surface area contributed by atoms with Gasteiger partial charge in [0.05, 0.1) is 12.9 Å². The van der Waals surface area contributed by atoms with Crippen LogP contribution in [0.5, 0.6) is 11.5 Å². The summed E-state index contributed by atoms with van der Waals surface area (Å²) in [7, 11) is -1.61. The standard InChI is InChI=1S/C16H24N2O5S.C2H2O4/c1-3-12-24(20,21)18-10-8-17(9-11-18)16(19)13-23-15-6-4-14(22-2)5-7-15;3-1(4)2(5)6/h4-7H,3,8-13H2,1-2H3;(H,3,4)(H,5,6). The van der Waals surface area contributed by atoms with Gasteiger partial charge in [-0.05, 0) is 30.7 Å². The van der Waals surface area contributed by atoms with E-state index in [0.717, 1.165) is 5.75 Å². The molecule has 0 aliphatic carbocycles. The van der Waals surface area contributed by atoms with Crippen LogP contribution in [0.25, 0.3) is 0 Å². The highest BCUT2D eigenvalue weighted by atomic mass is 32.2. The first-order valence-electron chi connectivity index (χ1n) is 9.09. The van der Waals surface area contributed by atoms with E-state index in [1.54, 1.807) is 36.3 Å². The number of hydrogen-bond acceptors (Lipinski definition) is 7. The third-order valence-corrected chi connectivity index (χ3v) is 6.13. The van der Waals surface area contributed by atoms with Crippen LogP contribution in [0.2, 0.25) is 0 Å². The highest BCUT2D eigenvalue weighted by Gasteiger charge is 2.28. The summed E-state index contributed by atoms with van der Waals surface area (Å²) in [6.07, 6.45) is 0.594. The predicted octanol–water partition coefficient (Wildman–Crippen LogP) is 0.114. The van der Waals surface area contributed by atoms with Gasteiger partial charge in [0.25, 0.3) is 5.91 Å². The van der Waals surface area contributed by atoms with E-state index >= 15 is 0 Å². The lowest BCUT2D eigenvalue weighted by molar-refractivity contribution is -0.159. The molecule has 1 saturated heterocycles. The number of nitrogens with zero attached hydrogens (tertiary/aromatic N) is 2. The van der Waals surface area contributed by atoms with Crippen LogP contribution in [-0.2, 0) is 24.4 Å². The number of sulfonamides is 1. The van der Waals surface area contributed by atoms with E-state index in [9.17, 15) is 13.2 Å². The van der Waals surface area contributed by atoms with Crippen molar-refractivity contribution in [3.63, 3.8) is 0 Å². The molecule has 1 amide bonds. The van der Waals surface area contributed by atoms with E-state index in [1.165, 1.54) is 4.31 Å². The summed E-state index contributed by atoms with van der Waals surface area (Å²) in [5.74, 6) is -2.32. The first-order chi connectivity index (χ1) is 14.1. The van der Waals surface area contributed by atoms with Crippen LogP contribution in [0.4, 0.5) is 0 Å². The lowest BCUT2D eigenvalue weighted by Gasteiger charge is -2.33. The molecule has 0 saturated carbocycles. The molecule has 1 aromatic carbocycles. The van der Waals surface area contributed by atoms with Crippen molar-refractivity contribution >= 4 is 27.9 Å². The summed E-state index contributed by atoms with van der Waals surface area (Å²) in [6.45, 7) is 3.26. The summed E-state index contributed by atoms with van der Waals surface area (Å²) >= 11 is 0. The van der Waals surface area contributed by atoms with E-state index < -0.39 is 22.0 Å². The highest BCUT2D eigenvalue weighted by molar-refractivity contribution is 7.89. The van der Waals surface area contributed by atoms with E-state index in [2.05, 4.69) is 0 Å². The van der Waals surface area contributed by atoms with Crippen LogP contribution in [0.15, 0.2) is 24.3 Å². The molecule has 0 aromatic heterocycles. The van der Waals surface area contributed by atoms with Gasteiger partial charge in [-0.15, -0.1) is 0 Å². The Kier molecular flexibility index (Phi) is 10.1. The zero-order valence-corrected chi connectivity index (χ0v) is 17.6. The number of ether oxygens (including phenoxy) is 2. The molecule has 2 rings (SSSR count). The first kappa shape index (κ1) is 25.2. The van der Waals surface area contributed by atoms with Crippen molar-refractivity contribution in [2.75, 3.05) is 45.6 Å². The largest absolute Gasteiger partial charge is 0.497 e. The zero-order valence-electron chi connectivity index (χ0n) is 16.8. The second-order valence-corrected chi connectivity index (χ2v) is 8.26. The number of carbonyl (C=O) groups is 3. The van der Waals surface area contributed by atoms with E-state index in [1.807, 2.05) is 6.92 Å². The number of benzene rings is 1. The molecule has 168 valence electrons. The maximum Gasteiger partial charge on any atom is 0.414 e. The Balaban J connectivity index is 0.000000656. The monoisotopic (exact) mass is 446 g/mol. The van der Waals surface area contributed by atoms with Gasteiger partial charge in [0.15, 0.2) is 6.61 Å². The number of rotatable bonds is 7. The average Bonchev–Trinajstić information content (AvgIpc) is 2.72. The number of methoxy groups -OCH3 is 1. The average molecular weight is 446 g/mol. The maximum atomic E-state index is 12.2. The summed E-state index contributed by atoms with van der Waals surface area (Å²) < 4.78 is 36.0. The van der Waals surface area contributed by atoms with E-state index in [0.29, 0.717) is 38.3 Å². The van der Waals surface area contributed by atoms with Crippen LogP contribution < -0.4 is 9.47 Å². The van der Waals surface area contributed by atoms with Crippen LogP contribution >= 0.6 is 0 Å². The SMILES string of the molecule is CCCS(=O)(=O)N1CCN(C(=O)COc2ccc(OC)cc2)CC1.O=C(O)C(=O)O. The molecule has 0 bridgehead atoms. The predicted molar refractivity (Wildman–Crippen MR) is 106 cm³/mol. The van der Waals surface area contributed by atoms with Gasteiger partial charge in [-0.2, -0.15) is 4.31 Å². The second kappa shape index (κ2) is 12.0. The second-order valence-electron chi connectivity index (χ2n) is 6.17. The summed E-state index contributed by atoms with van der Waals surface area (Å²) in [4.78, 5) is 32.0. The number of carbonyl (C=O) groups excluding carboxylic acids is 1. The fourth-order valence-electron chi connectivity index (χ4n) is 2.51. The van der Waals surface area contributed by atoms with Crippen LogP contribution in [0.3, 0.4) is 0 Å². The molecule has 0 spiro atoms. The van der Waals surface area contributed by atoms with Gasteiger partial charge in [-0.3, -0.25) is 4.79 Å². The van der Waals surface area contributed by atoms with Crippen molar-refractivity contribution in [1.82, 2.24) is 9.21 Å². The lowest BCUT2D eigenvalue weighted by Crippen LogP contribution is -2.52. The molecule has 0 unspecified atom stereocenters. The Morgan fingerprint density at radius 2 is 1.47 bits per heavy atom. The first-order valence-corrected chi connectivity index (χ1v) is 10.7. The Morgan fingerprint density at radius 3 is 1.90 bits per heavy atom. The van der Waals surface area contributed by atoms with E-state index in [-0.39, 0.29) is 18.3 Å². The van der Waals surface area contributed by atoms with Crippen molar-refractivity contribution in [3.05, 3.63) is 24.3 Å². The summed E-state index contributed by atoms with van der Waals surface area (Å²) in [5, 5.41) is 14.8. The molecule has 1 aliphatic rings. The lowest BCUT2D eigenvalue weighted by atomic mass is 10.3. The molecule has 1 heterocycles. The molecule has 0 atom stereocenters. The van der Waals surface area contributed by atoms with Gasteiger partial charge in [0.1, 0.15) is 11.5 Å². The third kappa shape index (κ3) is 8.25. The minimum absolute atomic E-state index is 0.0615. The Hall–Kier alpha value is -2.86. The van der Waals surface area contributed by atoms with Gasteiger partial charge in [0, 0.05) is 26.2 Å². The van der Waals surface area contributed by atoms with Gasteiger partial charge in [-0.25, -0.2) is 18.0 Å². The summed E-state index contributed by atoms with van der Waals surface area (Å²) in [5.41, 5.74) is 0. The van der Waals surface area contributed by atoms with Crippen LogP contribution in [-0.4, -0.2) is 91.3 Å². The number of hydrogen-bond donors (Lipinski definition) is 2. The fraction of sp³-hybridized carbons (Fsp3) is 0.500.